The fourth-order valence-corrected chi connectivity index (χ4v) is 3.05. The molecule has 4 heteroatoms. The molecule has 0 saturated carbocycles. The highest BCUT2D eigenvalue weighted by Gasteiger charge is 2.45. The van der Waals surface area contributed by atoms with Gasteiger partial charge in [-0.15, -0.1) is 0 Å². The van der Waals surface area contributed by atoms with Crippen LogP contribution in [0.4, 0.5) is 0 Å². The first-order valence-corrected chi connectivity index (χ1v) is 7.16. The molecule has 1 aliphatic rings. The topological polar surface area (TPSA) is 39.1 Å². The van der Waals surface area contributed by atoms with Crippen molar-refractivity contribution in [2.45, 2.75) is 77.8 Å². The van der Waals surface area contributed by atoms with Gasteiger partial charge in [0.25, 0.3) is 0 Å². The van der Waals surface area contributed by atoms with E-state index in [1.165, 1.54) is 0 Å². The quantitative estimate of drug-likeness (QED) is 0.910. The number of rotatable bonds is 4. The Balaban J connectivity index is 2.01. The van der Waals surface area contributed by atoms with Crippen LogP contribution in [0.5, 0.6) is 0 Å². The summed E-state index contributed by atoms with van der Waals surface area (Å²) in [6.07, 6.45) is 4.95. The first-order valence-electron chi connectivity index (χ1n) is 7.16. The second-order valence-electron chi connectivity index (χ2n) is 6.95. The second kappa shape index (κ2) is 4.91. The summed E-state index contributed by atoms with van der Waals surface area (Å²) < 4.78 is 8.32. The normalized spacial score (nSPS) is 25.1. The minimum atomic E-state index is -0.126. The van der Waals surface area contributed by atoms with E-state index >= 15 is 0 Å². The van der Waals surface area contributed by atoms with Gasteiger partial charge < -0.3 is 14.6 Å². The van der Waals surface area contributed by atoms with Gasteiger partial charge in [0.1, 0.15) is 5.82 Å². The number of imidazole rings is 1. The molecule has 1 aromatic rings. The van der Waals surface area contributed by atoms with Crippen molar-refractivity contribution < 1.29 is 4.74 Å². The lowest BCUT2D eigenvalue weighted by atomic mass is 9.94. The minimum Gasteiger partial charge on any atom is -0.368 e. The van der Waals surface area contributed by atoms with Crippen molar-refractivity contribution in [2.75, 3.05) is 0 Å². The predicted octanol–water partition coefficient (Wildman–Crippen LogP) is 2.90. The summed E-state index contributed by atoms with van der Waals surface area (Å²) >= 11 is 0. The summed E-state index contributed by atoms with van der Waals surface area (Å²) in [5, 5.41) is 3.62. The van der Waals surface area contributed by atoms with Crippen LogP contribution >= 0.6 is 0 Å². The van der Waals surface area contributed by atoms with Crippen LogP contribution < -0.4 is 5.32 Å². The first kappa shape index (κ1) is 14.5. The molecule has 0 bridgehead atoms. The highest BCUT2D eigenvalue weighted by molar-refractivity contribution is 5.01. The van der Waals surface area contributed by atoms with E-state index in [2.05, 4.69) is 56.4 Å². The maximum absolute atomic E-state index is 6.11. The Morgan fingerprint density at radius 3 is 2.63 bits per heavy atom. The highest BCUT2D eigenvalue weighted by atomic mass is 16.5. The number of nitrogens with zero attached hydrogens (tertiary/aromatic N) is 2. The Morgan fingerprint density at radius 1 is 1.42 bits per heavy atom. The molecule has 1 aliphatic heterocycles. The lowest BCUT2D eigenvalue weighted by molar-refractivity contribution is -0.0699. The lowest BCUT2D eigenvalue weighted by Crippen LogP contribution is -2.43. The average Bonchev–Trinajstić information content (AvgIpc) is 2.77. The standard InChI is InChI=1S/C15H27N3O/c1-11(2)18-8-7-16-13(18)10-17-12-9-14(3,4)19-15(12,5)6/h7-8,11-12,17H,9-10H2,1-6H3/t12-/m1/s1. The molecule has 0 aliphatic carbocycles. The van der Waals surface area contributed by atoms with Crippen molar-refractivity contribution in [3.8, 4) is 0 Å². The Morgan fingerprint density at radius 2 is 2.11 bits per heavy atom. The first-order chi connectivity index (χ1) is 8.71. The summed E-state index contributed by atoms with van der Waals surface area (Å²) in [5.74, 6) is 1.09. The van der Waals surface area contributed by atoms with Crippen LogP contribution in [0, 0.1) is 0 Å². The third-order valence-electron chi connectivity index (χ3n) is 3.89. The molecule has 1 fully saturated rings. The zero-order valence-electron chi connectivity index (χ0n) is 13.0. The van der Waals surface area contributed by atoms with Gasteiger partial charge in [-0.25, -0.2) is 4.98 Å². The van der Waals surface area contributed by atoms with E-state index in [1.807, 2.05) is 12.4 Å². The van der Waals surface area contributed by atoms with Crippen molar-refractivity contribution in [3.05, 3.63) is 18.2 Å². The van der Waals surface area contributed by atoms with Gasteiger partial charge in [0.2, 0.25) is 0 Å². The van der Waals surface area contributed by atoms with Gasteiger partial charge in [-0.3, -0.25) is 0 Å². The van der Waals surface area contributed by atoms with Gasteiger partial charge in [-0.2, -0.15) is 0 Å². The van der Waals surface area contributed by atoms with Crippen LogP contribution in [0.25, 0.3) is 0 Å². The molecular weight excluding hydrogens is 238 g/mol. The van der Waals surface area contributed by atoms with Gasteiger partial charge in [0, 0.05) is 24.5 Å². The molecule has 1 N–H and O–H groups in total. The molecule has 0 spiro atoms. The van der Waals surface area contributed by atoms with Gasteiger partial charge in [-0.05, 0) is 48.0 Å². The fraction of sp³-hybridized carbons (Fsp3) is 0.800. The van der Waals surface area contributed by atoms with E-state index < -0.39 is 0 Å². The van der Waals surface area contributed by atoms with Gasteiger partial charge >= 0.3 is 0 Å². The van der Waals surface area contributed by atoms with Crippen LogP contribution in [-0.2, 0) is 11.3 Å². The van der Waals surface area contributed by atoms with E-state index in [4.69, 9.17) is 4.74 Å². The Kier molecular flexibility index (Phi) is 3.76. The molecule has 0 radical (unpaired) electrons. The van der Waals surface area contributed by atoms with Crippen molar-refractivity contribution in [3.63, 3.8) is 0 Å². The second-order valence-corrected chi connectivity index (χ2v) is 6.95. The Hall–Kier alpha value is -0.870. The molecule has 1 saturated heterocycles. The summed E-state index contributed by atoms with van der Waals surface area (Å²) in [6.45, 7) is 13.8. The van der Waals surface area contributed by atoms with E-state index in [-0.39, 0.29) is 11.2 Å². The van der Waals surface area contributed by atoms with E-state index in [0.29, 0.717) is 12.1 Å². The number of nitrogens with one attached hydrogen (secondary N) is 1. The molecule has 0 aromatic carbocycles. The third-order valence-corrected chi connectivity index (χ3v) is 3.89. The number of aromatic nitrogens is 2. The molecule has 1 atom stereocenters. The van der Waals surface area contributed by atoms with Gasteiger partial charge in [0.15, 0.2) is 0 Å². The molecule has 19 heavy (non-hydrogen) atoms. The summed E-state index contributed by atoms with van der Waals surface area (Å²) in [6, 6.07) is 0.809. The van der Waals surface area contributed by atoms with Crippen molar-refractivity contribution in [2.24, 2.45) is 0 Å². The maximum Gasteiger partial charge on any atom is 0.122 e. The Labute approximate surface area is 116 Å². The molecule has 1 aromatic heterocycles. The number of hydrogen-bond acceptors (Lipinski definition) is 3. The summed E-state index contributed by atoms with van der Waals surface area (Å²) in [5.41, 5.74) is -0.173. The van der Waals surface area contributed by atoms with E-state index in [1.54, 1.807) is 0 Å². The van der Waals surface area contributed by atoms with Crippen molar-refractivity contribution >= 4 is 0 Å². The van der Waals surface area contributed by atoms with Crippen molar-refractivity contribution in [1.82, 2.24) is 14.9 Å². The zero-order valence-corrected chi connectivity index (χ0v) is 13.0. The maximum atomic E-state index is 6.11. The van der Waals surface area contributed by atoms with Crippen molar-refractivity contribution in [1.29, 1.82) is 0 Å². The fourth-order valence-electron chi connectivity index (χ4n) is 3.05. The molecule has 0 unspecified atom stereocenters. The SMILES string of the molecule is CC(C)n1ccnc1CN[C@@H]1CC(C)(C)OC1(C)C. The van der Waals surface area contributed by atoms with Gasteiger partial charge in [0.05, 0.1) is 17.7 Å². The summed E-state index contributed by atoms with van der Waals surface area (Å²) in [4.78, 5) is 4.44. The van der Waals surface area contributed by atoms with E-state index in [0.717, 1.165) is 18.8 Å². The number of hydrogen-bond donors (Lipinski definition) is 1. The van der Waals surface area contributed by atoms with Crippen LogP contribution in [0.1, 0.15) is 59.8 Å². The van der Waals surface area contributed by atoms with Crippen LogP contribution in [0.2, 0.25) is 0 Å². The molecule has 108 valence electrons. The summed E-state index contributed by atoms with van der Waals surface area (Å²) in [7, 11) is 0. The predicted molar refractivity (Wildman–Crippen MR) is 77.1 cm³/mol. The number of ether oxygens (including phenoxy) is 1. The van der Waals surface area contributed by atoms with Crippen LogP contribution in [0.15, 0.2) is 12.4 Å². The lowest BCUT2D eigenvalue weighted by Gasteiger charge is -2.28. The smallest absolute Gasteiger partial charge is 0.122 e. The minimum absolute atomic E-state index is 0.0470. The molecular formula is C15H27N3O. The molecule has 2 heterocycles. The Bertz CT molecular complexity index is 434. The highest BCUT2D eigenvalue weighted by Crippen LogP contribution is 2.37. The molecule has 4 nitrogen and oxygen atoms in total. The zero-order chi connectivity index (χ0) is 14.3. The van der Waals surface area contributed by atoms with Gasteiger partial charge in [-0.1, -0.05) is 0 Å². The molecule has 2 rings (SSSR count). The largest absolute Gasteiger partial charge is 0.368 e. The average molecular weight is 265 g/mol. The monoisotopic (exact) mass is 265 g/mol. The van der Waals surface area contributed by atoms with Crippen LogP contribution in [0.3, 0.4) is 0 Å². The van der Waals surface area contributed by atoms with E-state index in [9.17, 15) is 0 Å². The third kappa shape index (κ3) is 3.18. The molecule has 0 amide bonds. The van der Waals surface area contributed by atoms with Crippen LogP contribution in [-0.4, -0.2) is 26.8 Å².